The molecule has 50 heavy (non-hydrogen) atoms. The van der Waals surface area contributed by atoms with Crippen molar-refractivity contribution in [2.24, 2.45) is 0 Å². The van der Waals surface area contributed by atoms with Crippen molar-refractivity contribution in [2.45, 2.75) is 6.54 Å². The Balaban J connectivity index is 1.25. The molecule has 0 fully saturated rings. The minimum Gasteiger partial charge on any atom is -0.390 e. The van der Waals surface area contributed by atoms with Crippen molar-refractivity contribution in [3.63, 3.8) is 0 Å². The van der Waals surface area contributed by atoms with E-state index in [0.717, 1.165) is 60.8 Å². The molecule has 0 saturated carbocycles. The fourth-order valence-corrected chi connectivity index (χ4v) is 7.23. The van der Waals surface area contributed by atoms with Gasteiger partial charge in [0.25, 0.3) is 0 Å². The third-order valence-corrected chi connectivity index (χ3v) is 10.8. The summed E-state index contributed by atoms with van der Waals surface area (Å²) in [4.78, 5) is 6.62. The van der Waals surface area contributed by atoms with Gasteiger partial charge in [-0.25, -0.2) is 0 Å². The summed E-state index contributed by atoms with van der Waals surface area (Å²) in [6.07, 6.45) is 21.0. The zero-order valence-corrected chi connectivity index (χ0v) is 33.1. The maximum atomic E-state index is 3.87. The van der Waals surface area contributed by atoms with E-state index in [-0.39, 0.29) is 0 Å². The van der Waals surface area contributed by atoms with Gasteiger partial charge in [-0.1, -0.05) is 88.9 Å². The van der Waals surface area contributed by atoms with Crippen molar-refractivity contribution < 1.29 is 9.05 Å². The highest BCUT2D eigenvalue weighted by Gasteiger charge is 2.17. The van der Waals surface area contributed by atoms with Crippen LogP contribution in [0.15, 0.2) is 116 Å². The molecule has 1 aromatic heterocycles. The van der Waals surface area contributed by atoms with Crippen molar-refractivity contribution in [1.29, 1.82) is 0 Å². The minimum atomic E-state index is 0.913. The molecule has 8 heteroatoms. The van der Waals surface area contributed by atoms with Crippen LogP contribution in [0, 0.1) is 0 Å². The standard InChI is InChI=1S/C42H60N6S2/c1-9-10-37(11-12-38-15-19-41(20-16-38)44(2)3)23-26-43-27-30-46(6)32-35-49-50-36-34-48(7,8)33-31-47-28-24-40(25-29-47)14-13-39-17-21-42(22-18-39)45(4)5/h9-26,28-29,43H,1,27,30-36H2,2-8H3/q+2/b12-11+,26-23-,37-10-. The molecule has 3 rings (SSSR count). The first-order valence-electron chi connectivity index (χ1n) is 17.4. The molecule has 6 nitrogen and oxygen atoms in total. The number of likely N-dealkylation sites (N-methyl/N-ethyl adjacent to an activating group) is 2. The van der Waals surface area contributed by atoms with Gasteiger partial charge >= 0.3 is 0 Å². The van der Waals surface area contributed by atoms with Crippen LogP contribution in [0.2, 0.25) is 0 Å². The number of hydrogen-bond donors (Lipinski definition) is 1. The molecule has 0 radical (unpaired) electrons. The molecule has 1 N–H and O–H groups in total. The van der Waals surface area contributed by atoms with Gasteiger partial charge in [-0.3, -0.25) is 0 Å². The van der Waals surface area contributed by atoms with Gasteiger partial charge in [0.1, 0.15) is 6.54 Å². The van der Waals surface area contributed by atoms with E-state index in [4.69, 9.17) is 0 Å². The van der Waals surface area contributed by atoms with Gasteiger partial charge in [0.15, 0.2) is 18.9 Å². The topological polar surface area (TPSA) is 25.6 Å². The number of nitrogens with one attached hydrogen (secondary N) is 1. The smallest absolute Gasteiger partial charge is 0.196 e. The monoisotopic (exact) mass is 712 g/mol. The first-order chi connectivity index (χ1) is 24.0. The lowest BCUT2D eigenvalue weighted by Gasteiger charge is -2.28. The molecule has 0 spiro atoms. The second-order valence-electron chi connectivity index (χ2n) is 13.5. The molecule has 0 bridgehead atoms. The van der Waals surface area contributed by atoms with Crippen LogP contribution in [0.25, 0.3) is 18.2 Å². The molecule has 2 aromatic carbocycles. The van der Waals surface area contributed by atoms with E-state index in [0.29, 0.717) is 0 Å². The molecular weight excluding hydrogens is 653 g/mol. The first kappa shape index (κ1) is 40.7. The van der Waals surface area contributed by atoms with Gasteiger partial charge in [-0.2, -0.15) is 4.57 Å². The van der Waals surface area contributed by atoms with Crippen molar-refractivity contribution >= 4 is 51.2 Å². The Labute approximate surface area is 311 Å². The molecule has 0 saturated heterocycles. The lowest BCUT2D eigenvalue weighted by Crippen LogP contribution is -2.48. The second kappa shape index (κ2) is 22.2. The van der Waals surface area contributed by atoms with Crippen LogP contribution in [0.5, 0.6) is 0 Å². The SMILES string of the molecule is C=C/C=C(\C=C/NCCN(C)CCSSCC[N+](C)(C)CC[n+]1ccc(/C=C/c2ccc(N(C)C)cc2)cc1)/C=C/c1ccc(N(C)C)cc1. The average molecular weight is 713 g/mol. The highest BCUT2D eigenvalue weighted by molar-refractivity contribution is 8.76. The van der Waals surface area contributed by atoms with E-state index in [2.05, 4.69) is 184 Å². The third-order valence-electron chi connectivity index (χ3n) is 8.40. The zero-order valence-electron chi connectivity index (χ0n) is 31.5. The fraction of sp³-hybridized carbons (Fsp3) is 0.357. The summed E-state index contributed by atoms with van der Waals surface area (Å²) in [5.74, 6) is 2.29. The summed E-state index contributed by atoms with van der Waals surface area (Å²) >= 11 is 0. The number of nitrogens with zero attached hydrogens (tertiary/aromatic N) is 5. The molecule has 0 aliphatic rings. The third kappa shape index (κ3) is 16.3. The van der Waals surface area contributed by atoms with E-state index < -0.39 is 0 Å². The fourth-order valence-electron chi connectivity index (χ4n) is 4.88. The Kier molecular flexibility index (Phi) is 18.1. The van der Waals surface area contributed by atoms with Gasteiger partial charge in [0.05, 0.1) is 26.4 Å². The van der Waals surface area contributed by atoms with Crippen molar-refractivity contribution in [1.82, 2.24) is 10.2 Å². The van der Waals surface area contributed by atoms with Crippen LogP contribution in [-0.4, -0.2) is 103 Å². The molecule has 0 aliphatic heterocycles. The van der Waals surface area contributed by atoms with Crippen LogP contribution in [0.3, 0.4) is 0 Å². The number of aromatic nitrogens is 1. The Morgan fingerprint density at radius 3 is 1.86 bits per heavy atom. The lowest BCUT2D eigenvalue weighted by molar-refractivity contribution is -0.907. The average Bonchev–Trinajstić information content (AvgIpc) is 3.11. The number of anilines is 2. The highest BCUT2D eigenvalue weighted by Crippen LogP contribution is 2.21. The Morgan fingerprint density at radius 2 is 1.28 bits per heavy atom. The van der Waals surface area contributed by atoms with Crippen LogP contribution < -0.4 is 19.7 Å². The summed E-state index contributed by atoms with van der Waals surface area (Å²) in [5, 5.41) is 3.44. The van der Waals surface area contributed by atoms with Gasteiger partial charge in [-0.05, 0) is 65.9 Å². The van der Waals surface area contributed by atoms with Gasteiger partial charge in [-0.15, -0.1) is 0 Å². The maximum Gasteiger partial charge on any atom is 0.196 e. The van der Waals surface area contributed by atoms with Gasteiger partial charge in [0.2, 0.25) is 0 Å². The van der Waals surface area contributed by atoms with Crippen molar-refractivity contribution in [2.75, 3.05) is 103 Å². The molecule has 1 heterocycles. The molecule has 0 amide bonds. The largest absolute Gasteiger partial charge is 0.390 e. The second-order valence-corrected chi connectivity index (χ2v) is 16.2. The molecule has 3 aromatic rings. The number of allylic oxidation sites excluding steroid dienone is 5. The Hall–Kier alpha value is -3.69. The summed E-state index contributed by atoms with van der Waals surface area (Å²) in [7, 11) is 19.1. The van der Waals surface area contributed by atoms with E-state index in [1.54, 1.807) is 0 Å². The predicted molar refractivity (Wildman–Crippen MR) is 226 cm³/mol. The van der Waals surface area contributed by atoms with E-state index in [1.807, 2.05) is 39.9 Å². The Bertz CT molecular complexity index is 1520. The van der Waals surface area contributed by atoms with Gasteiger partial charge in [0, 0.05) is 77.1 Å². The maximum absolute atomic E-state index is 3.87. The van der Waals surface area contributed by atoms with E-state index >= 15 is 0 Å². The van der Waals surface area contributed by atoms with E-state index in [1.165, 1.54) is 28.1 Å². The predicted octanol–water partition coefficient (Wildman–Crippen LogP) is 7.60. The summed E-state index contributed by atoms with van der Waals surface area (Å²) in [6, 6.07) is 21.6. The summed E-state index contributed by atoms with van der Waals surface area (Å²) in [5.41, 5.74) is 7.13. The summed E-state index contributed by atoms with van der Waals surface area (Å²) < 4.78 is 3.32. The molecule has 0 atom stereocenters. The summed E-state index contributed by atoms with van der Waals surface area (Å²) in [6.45, 7) is 10.2. The van der Waals surface area contributed by atoms with Crippen LogP contribution in [-0.2, 0) is 6.54 Å². The van der Waals surface area contributed by atoms with Crippen LogP contribution in [0.1, 0.15) is 16.7 Å². The number of pyridine rings is 1. The number of quaternary nitrogens is 1. The molecule has 268 valence electrons. The molecular formula is C42H60N6S2+2. The minimum absolute atomic E-state index is 0.913. The number of rotatable bonds is 22. The quantitative estimate of drug-likeness (QED) is 0.0379. The lowest BCUT2D eigenvalue weighted by atomic mass is 10.1. The first-order valence-corrected chi connectivity index (χ1v) is 19.9. The normalized spacial score (nSPS) is 12.4. The molecule has 0 aliphatic carbocycles. The van der Waals surface area contributed by atoms with Gasteiger partial charge < -0.3 is 24.5 Å². The van der Waals surface area contributed by atoms with E-state index in [9.17, 15) is 0 Å². The molecule has 0 unspecified atom stereocenters. The van der Waals surface area contributed by atoms with Crippen molar-refractivity contribution in [3.05, 3.63) is 132 Å². The highest BCUT2D eigenvalue weighted by atomic mass is 33.1. The van der Waals surface area contributed by atoms with Crippen LogP contribution in [0.4, 0.5) is 11.4 Å². The van der Waals surface area contributed by atoms with Crippen LogP contribution >= 0.6 is 21.6 Å². The zero-order chi connectivity index (χ0) is 36.2. The number of hydrogen-bond acceptors (Lipinski definition) is 6. The van der Waals surface area contributed by atoms with Crippen molar-refractivity contribution in [3.8, 4) is 0 Å². The Morgan fingerprint density at radius 1 is 0.720 bits per heavy atom. The number of benzene rings is 2.